The van der Waals surface area contributed by atoms with Gasteiger partial charge < -0.3 is 9.47 Å². The van der Waals surface area contributed by atoms with E-state index in [0.29, 0.717) is 6.42 Å². The zero-order chi connectivity index (χ0) is 16.9. The van der Waals surface area contributed by atoms with Crippen molar-refractivity contribution in [3.05, 3.63) is 22.8 Å². The molecule has 0 unspecified atom stereocenters. The summed E-state index contributed by atoms with van der Waals surface area (Å²) in [6.45, 7) is 7.37. The van der Waals surface area contributed by atoms with Gasteiger partial charge in [-0.3, -0.25) is 14.4 Å². The van der Waals surface area contributed by atoms with Crippen molar-refractivity contribution in [2.45, 2.75) is 52.7 Å². The minimum atomic E-state index is -0.428. The van der Waals surface area contributed by atoms with Gasteiger partial charge in [-0.1, -0.05) is 25.0 Å². The Balaban J connectivity index is 2.05. The first kappa shape index (κ1) is 16.0. The fourth-order valence-corrected chi connectivity index (χ4v) is 4.16. The van der Waals surface area contributed by atoms with Gasteiger partial charge >= 0.3 is 11.9 Å². The van der Waals surface area contributed by atoms with Gasteiger partial charge in [0.25, 0.3) is 0 Å². The summed E-state index contributed by atoms with van der Waals surface area (Å²) in [5.41, 5.74) is 2.57. The summed E-state index contributed by atoms with van der Waals surface area (Å²) >= 11 is 0. The lowest BCUT2D eigenvalue weighted by Crippen LogP contribution is -2.37. The standard InChI is InChI=1S/C18H22O5/c1-5-13(20)22-12-7-9(3)14-11(19)6-8(2)15(14)17-16(12)10(4)18(21)23-17/h6,10,12,15-17H,5,7H2,1-4H3/t10-,12-,15-,16+,17+/m0/s1. The molecule has 0 saturated carbocycles. The molecule has 1 fully saturated rings. The lowest BCUT2D eigenvalue weighted by atomic mass is 9.79. The fourth-order valence-electron chi connectivity index (χ4n) is 4.16. The molecule has 3 rings (SSSR count). The molecule has 0 bridgehead atoms. The zero-order valence-electron chi connectivity index (χ0n) is 13.9. The Hall–Kier alpha value is -1.91. The number of carbonyl (C=O) groups excluding carboxylic acids is 3. The molecule has 5 nitrogen and oxygen atoms in total. The summed E-state index contributed by atoms with van der Waals surface area (Å²) in [5.74, 6) is -1.34. The minimum Gasteiger partial charge on any atom is -0.462 e. The van der Waals surface area contributed by atoms with Crippen LogP contribution in [0, 0.1) is 17.8 Å². The average molecular weight is 318 g/mol. The predicted octanol–water partition coefficient (Wildman–Crippen LogP) is 2.35. The number of fused-ring (bicyclic) bond motifs is 3. The summed E-state index contributed by atoms with van der Waals surface area (Å²) in [5, 5.41) is 0. The number of allylic oxidation sites excluding steroid dienone is 1. The molecule has 1 saturated heterocycles. The topological polar surface area (TPSA) is 69.7 Å². The Morgan fingerprint density at radius 2 is 2.04 bits per heavy atom. The first-order valence-corrected chi connectivity index (χ1v) is 8.17. The molecule has 0 aromatic heterocycles. The maximum atomic E-state index is 12.3. The van der Waals surface area contributed by atoms with E-state index in [1.54, 1.807) is 13.0 Å². The van der Waals surface area contributed by atoms with Gasteiger partial charge in [-0.2, -0.15) is 0 Å². The van der Waals surface area contributed by atoms with Gasteiger partial charge in [0, 0.05) is 30.3 Å². The summed E-state index contributed by atoms with van der Waals surface area (Å²) in [7, 11) is 0. The number of hydrogen-bond donors (Lipinski definition) is 0. The molecule has 0 N–H and O–H groups in total. The molecule has 1 aliphatic heterocycles. The minimum absolute atomic E-state index is 0.0122. The van der Waals surface area contributed by atoms with Crippen molar-refractivity contribution in [2.24, 2.45) is 17.8 Å². The molecule has 124 valence electrons. The van der Waals surface area contributed by atoms with Gasteiger partial charge in [0.15, 0.2) is 5.78 Å². The quantitative estimate of drug-likeness (QED) is 0.731. The molecule has 1 heterocycles. The van der Waals surface area contributed by atoms with Crippen LogP contribution in [-0.2, 0) is 23.9 Å². The molecule has 5 atom stereocenters. The smallest absolute Gasteiger partial charge is 0.309 e. The molecule has 0 amide bonds. The van der Waals surface area contributed by atoms with Crippen molar-refractivity contribution in [2.75, 3.05) is 0 Å². The lowest BCUT2D eigenvalue weighted by molar-refractivity contribution is -0.153. The van der Waals surface area contributed by atoms with Crippen molar-refractivity contribution < 1.29 is 23.9 Å². The van der Waals surface area contributed by atoms with Crippen LogP contribution in [0.3, 0.4) is 0 Å². The van der Waals surface area contributed by atoms with Crippen molar-refractivity contribution in [1.29, 1.82) is 0 Å². The van der Waals surface area contributed by atoms with Crippen molar-refractivity contribution in [1.82, 2.24) is 0 Å². The first-order valence-electron chi connectivity index (χ1n) is 8.17. The highest BCUT2D eigenvalue weighted by molar-refractivity contribution is 6.09. The molecule has 23 heavy (non-hydrogen) atoms. The predicted molar refractivity (Wildman–Crippen MR) is 82.3 cm³/mol. The second-order valence-corrected chi connectivity index (χ2v) is 6.78. The molecule has 5 heteroatoms. The van der Waals surface area contributed by atoms with E-state index in [9.17, 15) is 14.4 Å². The third kappa shape index (κ3) is 2.42. The Morgan fingerprint density at radius 1 is 1.35 bits per heavy atom. The lowest BCUT2D eigenvalue weighted by Gasteiger charge is -2.29. The van der Waals surface area contributed by atoms with Crippen LogP contribution < -0.4 is 0 Å². The summed E-state index contributed by atoms with van der Waals surface area (Å²) in [6, 6.07) is 0. The molecule has 0 aromatic carbocycles. The molecule has 3 aliphatic rings. The largest absolute Gasteiger partial charge is 0.462 e. The van der Waals surface area contributed by atoms with Gasteiger partial charge in [-0.05, 0) is 19.9 Å². The van der Waals surface area contributed by atoms with Gasteiger partial charge in [0.2, 0.25) is 0 Å². The third-order valence-corrected chi connectivity index (χ3v) is 5.30. The summed E-state index contributed by atoms with van der Waals surface area (Å²) < 4.78 is 11.2. The van der Waals surface area contributed by atoms with Crippen molar-refractivity contribution in [3.63, 3.8) is 0 Å². The highest BCUT2D eigenvalue weighted by Gasteiger charge is 2.55. The van der Waals surface area contributed by atoms with Crippen molar-refractivity contribution >= 4 is 17.7 Å². The fraction of sp³-hybridized carbons (Fsp3) is 0.611. The zero-order valence-corrected chi connectivity index (χ0v) is 13.9. The monoisotopic (exact) mass is 318 g/mol. The molecular weight excluding hydrogens is 296 g/mol. The van der Waals surface area contributed by atoms with E-state index >= 15 is 0 Å². The van der Waals surface area contributed by atoms with E-state index in [-0.39, 0.29) is 41.9 Å². The van der Waals surface area contributed by atoms with E-state index in [1.807, 2.05) is 20.8 Å². The molecular formula is C18H22O5. The van der Waals surface area contributed by atoms with Crippen LogP contribution in [0.5, 0.6) is 0 Å². The molecule has 0 radical (unpaired) electrons. The van der Waals surface area contributed by atoms with E-state index in [0.717, 1.165) is 16.7 Å². The third-order valence-electron chi connectivity index (χ3n) is 5.30. The van der Waals surface area contributed by atoms with E-state index < -0.39 is 12.2 Å². The second kappa shape index (κ2) is 5.62. The van der Waals surface area contributed by atoms with E-state index in [4.69, 9.17) is 9.47 Å². The number of ether oxygens (including phenoxy) is 2. The normalized spacial score (nSPS) is 36.2. The Morgan fingerprint density at radius 3 is 2.70 bits per heavy atom. The van der Waals surface area contributed by atoms with Crippen LogP contribution in [0.1, 0.15) is 40.5 Å². The summed E-state index contributed by atoms with van der Waals surface area (Å²) in [6.07, 6.45) is 1.55. The van der Waals surface area contributed by atoms with Crippen LogP contribution in [-0.4, -0.2) is 29.9 Å². The second-order valence-electron chi connectivity index (χ2n) is 6.78. The highest BCUT2D eigenvalue weighted by atomic mass is 16.6. The van der Waals surface area contributed by atoms with Crippen LogP contribution in [0.2, 0.25) is 0 Å². The van der Waals surface area contributed by atoms with Gasteiger partial charge in [0.1, 0.15) is 12.2 Å². The van der Waals surface area contributed by atoms with Crippen LogP contribution in [0.25, 0.3) is 0 Å². The number of ketones is 1. The Kier molecular flexibility index (Phi) is 3.90. The molecule has 0 spiro atoms. The maximum Gasteiger partial charge on any atom is 0.309 e. The van der Waals surface area contributed by atoms with Crippen LogP contribution in [0.15, 0.2) is 22.8 Å². The number of esters is 2. The molecule has 2 aliphatic carbocycles. The number of rotatable bonds is 2. The summed E-state index contributed by atoms with van der Waals surface area (Å²) in [4.78, 5) is 36.3. The Bertz CT molecular complexity index is 642. The van der Waals surface area contributed by atoms with Crippen LogP contribution in [0.4, 0.5) is 0 Å². The highest BCUT2D eigenvalue weighted by Crippen LogP contribution is 2.48. The average Bonchev–Trinajstić information content (AvgIpc) is 2.89. The van der Waals surface area contributed by atoms with Gasteiger partial charge in [0.05, 0.1) is 5.92 Å². The number of carbonyl (C=O) groups is 3. The van der Waals surface area contributed by atoms with E-state index in [2.05, 4.69) is 0 Å². The van der Waals surface area contributed by atoms with Crippen molar-refractivity contribution in [3.8, 4) is 0 Å². The SMILES string of the molecule is CCC(=O)O[C@H]1CC(C)=C2C(=O)C=C(C)[C@@H]2[C@H]2OC(=O)[C@@H](C)[C@@H]21. The van der Waals surface area contributed by atoms with Gasteiger partial charge in [-0.25, -0.2) is 0 Å². The first-order chi connectivity index (χ1) is 10.8. The van der Waals surface area contributed by atoms with Gasteiger partial charge in [-0.15, -0.1) is 0 Å². The maximum absolute atomic E-state index is 12.3. The molecule has 0 aromatic rings. The van der Waals surface area contributed by atoms with Crippen LogP contribution >= 0.6 is 0 Å². The van der Waals surface area contributed by atoms with E-state index in [1.165, 1.54) is 0 Å². The number of hydrogen-bond acceptors (Lipinski definition) is 5. The Labute approximate surface area is 135 Å².